The Kier molecular flexibility index (Phi) is 2.90. The van der Waals surface area contributed by atoms with E-state index in [0.29, 0.717) is 5.92 Å². The maximum Gasteiger partial charge on any atom is 0.156 e. The van der Waals surface area contributed by atoms with E-state index >= 15 is 0 Å². The Morgan fingerprint density at radius 3 is 2.59 bits per heavy atom. The van der Waals surface area contributed by atoms with Gasteiger partial charge in [0.25, 0.3) is 0 Å². The van der Waals surface area contributed by atoms with Crippen molar-refractivity contribution in [3.8, 4) is 0 Å². The molecule has 0 radical (unpaired) electrons. The van der Waals surface area contributed by atoms with Crippen molar-refractivity contribution in [3.05, 3.63) is 11.6 Å². The third-order valence-corrected chi connectivity index (χ3v) is 4.49. The molecule has 2 fully saturated rings. The third kappa shape index (κ3) is 2.10. The standard InChI is InChI=1S/C13H22N4/c1-13(6-8-14-9-7-13)12-15-11(16-17-12)10-4-2-3-5-10/h10,14H,2-9H2,1H3,(H,15,16,17). The summed E-state index contributed by atoms with van der Waals surface area (Å²) in [6.07, 6.45) is 7.56. The molecule has 0 unspecified atom stereocenters. The molecule has 1 saturated carbocycles. The van der Waals surface area contributed by atoms with Crippen LogP contribution in [0, 0.1) is 0 Å². The van der Waals surface area contributed by atoms with Crippen LogP contribution in [0.3, 0.4) is 0 Å². The zero-order valence-electron chi connectivity index (χ0n) is 10.6. The van der Waals surface area contributed by atoms with Gasteiger partial charge < -0.3 is 5.32 Å². The molecule has 94 valence electrons. The van der Waals surface area contributed by atoms with E-state index in [4.69, 9.17) is 4.98 Å². The van der Waals surface area contributed by atoms with Crippen molar-refractivity contribution in [1.29, 1.82) is 0 Å². The van der Waals surface area contributed by atoms with Gasteiger partial charge in [-0.1, -0.05) is 19.8 Å². The fraction of sp³-hybridized carbons (Fsp3) is 0.846. The average Bonchev–Trinajstić information content (AvgIpc) is 3.01. The molecular formula is C13H22N4. The zero-order chi connectivity index (χ0) is 11.7. The highest BCUT2D eigenvalue weighted by Crippen LogP contribution is 2.35. The second-order valence-electron chi connectivity index (χ2n) is 5.84. The topological polar surface area (TPSA) is 53.6 Å². The summed E-state index contributed by atoms with van der Waals surface area (Å²) in [6, 6.07) is 0. The molecule has 2 heterocycles. The predicted octanol–water partition coefficient (Wildman–Crippen LogP) is 2.10. The molecule has 4 nitrogen and oxygen atoms in total. The Morgan fingerprint density at radius 1 is 1.18 bits per heavy atom. The van der Waals surface area contributed by atoms with Crippen LogP contribution in [0.1, 0.15) is 63.0 Å². The fourth-order valence-corrected chi connectivity index (χ4v) is 3.13. The molecule has 1 aliphatic carbocycles. The van der Waals surface area contributed by atoms with Gasteiger partial charge in [0, 0.05) is 11.3 Å². The van der Waals surface area contributed by atoms with Gasteiger partial charge >= 0.3 is 0 Å². The molecule has 17 heavy (non-hydrogen) atoms. The van der Waals surface area contributed by atoms with Gasteiger partial charge in [0.2, 0.25) is 0 Å². The van der Waals surface area contributed by atoms with Crippen molar-refractivity contribution in [3.63, 3.8) is 0 Å². The molecule has 0 amide bonds. The average molecular weight is 234 g/mol. The van der Waals surface area contributed by atoms with Gasteiger partial charge in [-0.25, -0.2) is 4.98 Å². The number of nitrogens with zero attached hydrogens (tertiary/aromatic N) is 2. The maximum absolute atomic E-state index is 4.79. The summed E-state index contributed by atoms with van der Waals surface area (Å²) >= 11 is 0. The second kappa shape index (κ2) is 4.41. The first-order chi connectivity index (χ1) is 8.28. The lowest BCUT2D eigenvalue weighted by Crippen LogP contribution is -2.38. The molecule has 0 aromatic carbocycles. The number of aromatic nitrogens is 3. The highest BCUT2D eigenvalue weighted by molar-refractivity contribution is 5.10. The molecule has 1 aliphatic heterocycles. The molecular weight excluding hydrogens is 212 g/mol. The molecule has 1 aromatic rings. The van der Waals surface area contributed by atoms with E-state index in [-0.39, 0.29) is 5.41 Å². The minimum absolute atomic E-state index is 0.179. The summed E-state index contributed by atoms with van der Waals surface area (Å²) in [5.74, 6) is 2.82. The molecule has 0 bridgehead atoms. The quantitative estimate of drug-likeness (QED) is 0.824. The summed E-state index contributed by atoms with van der Waals surface area (Å²) in [6.45, 7) is 4.48. The minimum atomic E-state index is 0.179. The van der Waals surface area contributed by atoms with Gasteiger partial charge in [0.15, 0.2) is 5.82 Å². The van der Waals surface area contributed by atoms with Gasteiger partial charge in [-0.2, -0.15) is 5.10 Å². The first-order valence-corrected chi connectivity index (χ1v) is 6.91. The van der Waals surface area contributed by atoms with Gasteiger partial charge in [0.1, 0.15) is 5.82 Å². The van der Waals surface area contributed by atoms with Crippen molar-refractivity contribution in [2.75, 3.05) is 13.1 Å². The van der Waals surface area contributed by atoms with E-state index in [1.165, 1.54) is 25.7 Å². The number of hydrogen-bond acceptors (Lipinski definition) is 3. The highest BCUT2D eigenvalue weighted by atomic mass is 15.2. The maximum atomic E-state index is 4.79. The lowest BCUT2D eigenvalue weighted by atomic mass is 9.80. The summed E-state index contributed by atoms with van der Waals surface area (Å²) in [4.78, 5) is 4.79. The van der Waals surface area contributed by atoms with Gasteiger partial charge in [-0.3, -0.25) is 5.10 Å². The Balaban J connectivity index is 1.78. The molecule has 1 saturated heterocycles. The molecule has 0 atom stereocenters. The highest BCUT2D eigenvalue weighted by Gasteiger charge is 2.33. The van der Waals surface area contributed by atoms with Gasteiger partial charge in [-0.15, -0.1) is 0 Å². The van der Waals surface area contributed by atoms with Crippen LogP contribution in [-0.4, -0.2) is 28.3 Å². The van der Waals surface area contributed by atoms with Crippen LogP contribution in [-0.2, 0) is 5.41 Å². The van der Waals surface area contributed by atoms with Gasteiger partial charge in [0.05, 0.1) is 0 Å². The number of piperidine rings is 1. The summed E-state index contributed by atoms with van der Waals surface area (Å²) in [5.41, 5.74) is 0.179. The molecule has 2 aliphatic rings. The van der Waals surface area contributed by atoms with E-state index in [1.54, 1.807) is 0 Å². The summed E-state index contributed by atoms with van der Waals surface area (Å²) in [5, 5.41) is 11.1. The number of nitrogens with one attached hydrogen (secondary N) is 2. The van der Waals surface area contributed by atoms with Crippen LogP contribution >= 0.6 is 0 Å². The Morgan fingerprint density at radius 2 is 1.88 bits per heavy atom. The van der Waals surface area contributed by atoms with Crippen LogP contribution < -0.4 is 5.32 Å². The lowest BCUT2D eigenvalue weighted by molar-refractivity contribution is 0.319. The van der Waals surface area contributed by atoms with Crippen molar-refractivity contribution in [2.45, 2.75) is 56.8 Å². The van der Waals surface area contributed by atoms with Crippen molar-refractivity contribution in [1.82, 2.24) is 20.5 Å². The normalized spacial score (nSPS) is 25.2. The van der Waals surface area contributed by atoms with Crippen LogP contribution in [0.4, 0.5) is 0 Å². The first kappa shape index (κ1) is 11.2. The molecule has 3 rings (SSSR count). The van der Waals surface area contributed by atoms with Crippen LogP contribution in [0.5, 0.6) is 0 Å². The SMILES string of the molecule is CC1(c2n[nH]c(C3CCCC3)n2)CCNCC1. The predicted molar refractivity (Wildman–Crippen MR) is 67.0 cm³/mol. The number of rotatable bonds is 2. The number of hydrogen-bond donors (Lipinski definition) is 2. The fourth-order valence-electron chi connectivity index (χ4n) is 3.13. The Bertz CT molecular complexity index is 373. The smallest absolute Gasteiger partial charge is 0.156 e. The number of aromatic amines is 1. The molecule has 4 heteroatoms. The monoisotopic (exact) mass is 234 g/mol. The van der Waals surface area contributed by atoms with E-state index in [2.05, 4.69) is 22.4 Å². The van der Waals surface area contributed by atoms with Crippen molar-refractivity contribution < 1.29 is 0 Å². The van der Waals surface area contributed by atoms with Crippen LogP contribution in [0.2, 0.25) is 0 Å². The third-order valence-electron chi connectivity index (χ3n) is 4.49. The summed E-state index contributed by atoms with van der Waals surface area (Å²) in [7, 11) is 0. The Labute approximate surface area is 103 Å². The largest absolute Gasteiger partial charge is 0.317 e. The van der Waals surface area contributed by atoms with Crippen LogP contribution in [0.15, 0.2) is 0 Å². The van der Waals surface area contributed by atoms with E-state index in [1.807, 2.05) is 0 Å². The van der Waals surface area contributed by atoms with Crippen LogP contribution in [0.25, 0.3) is 0 Å². The van der Waals surface area contributed by atoms with Gasteiger partial charge in [-0.05, 0) is 38.8 Å². The van der Waals surface area contributed by atoms with E-state index < -0.39 is 0 Å². The van der Waals surface area contributed by atoms with Crippen molar-refractivity contribution in [2.24, 2.45) is 0 Å². The first-order valence-electron chi connectivity index (χ1n) is 6.91. The number of H-pyrrole nitrogens is 1. The zero-order valence-corrected chi connectivity index (χ0v) is 10.6. The molecule has 2 N–H and O–H groups in total. The summed E-state index contributed by atoms with van der Waals surface area (Å²) < 4.78 is 0. The van der Waals surface area contributed by atoms with E-state index in [9.17, 15) is 0 Å². The van der Waals surface area contributed by atoms with Crippen molar-refractivity contribution >= 4 is 0 Å². The molecule has 1 aromatic heterocycles. The minimum Gasteiger partial charge on any atom is -0.317 e. The second-order valence-corrected chi connectivity index (χ2v) is 5.84. The lowest BCUT2D eigenvalue weighted by Gasteiger charge is -2.31. The van der Waals surface area contributed by atoms with E-state index in [0.717, 1.165) is 37.6 Å². The molecule has 0 spiro atoms. The Hall–Kier alpha value is -0.900.